The highest BCUT2D eigenvalue weighted by Gasteiger charge is 2.03. The quantitative estimate of drug-likeness (QED) is 0.764. The van der Waals surface area contributed by atoms with E-state index in [1.807, 2.05) is 25.3 Å². The first-order valence-electron chi connectivity index (χ1n) is 6.73. The molecule has 2 N–H and O–H groups in total. The summed E-state index contributed by atoms with van der Waals surface area (Å²) in [6.07, 6.45) is 1.85. The molecular formula is C16H18N2O3. The fraction of sp³-hybridized carbons (Fsp3) is 0.250. The number of aromatic carboxylic acids is 1. The molecule has 0 unspecified atom stereocenters. The molecule has 0 aliphatic heterocycles. The maximum absolute atomic E-state index is 10.8. The number of pyridine rings is 1. The maximum Gasteiger partial charge on any atom is 0.335 e. The average molecular weight is 286 g/mol. The van der Waals surface area contributed by atoms with Crippen molar-refractivity contribution in [1.29, 1.82) is 0 Å². The van der Waals surface area contributed by atoms with Crippen LogP contribution < -0.4 is 10.1 Å². The number of aryl methyl sites for hydroxylation is 1. The molecule has 0 radical (unpaired) electrons. The van der Waals surface area contributed by atoms with Crippen LogP contribution in [0.1, 0.15) is 21.6 Å². The number of carboxylic acids is 1. The number of ether oxygens (including phenoxy) is 1. The molecule has 5 nitrogen and oxygen atoms in total. The van der Waals surface area contributed by atoms with Crippen molar-refractivity contribution in [3.8, 4) is 5.75 Å². The summed E-state index contributed by atoms with van der Waals surface area (Å²) < 4.78 is 5.51. The summed E-state index contributed by atoms with van der Waals surface area (Å²) in [6.45, 7) is 3.83. The van der Waals surface area contributed by atoms with Crippen molar-refractivity contribution in [3.63, 3.8) is 0 Å². The molecule has 1 heterocycles. The first kappa shape index (κ1) is 15.0. The van der Waals surface area contributed by atoms with Gasteiger partial charge in [0.15, 0.2) is 0 Å². The Morgan fingerprint density at radius 1 is 1.33 bits per heavy atom. The molecule has 2 rings (SSSR count). The molecule has 5 heteroatoms. The Hall–Kier alpha value is -2.40. The van der Waals surface area contributed by atoms with E-state index in [0.29, 0.717) is 18.9 Å². The van der Waals surface area contributed by atoms with Crippen LogP contribution in [0.4, 0.5) is 0 Å². The molecule has 0 aliphatic rings. The van der Waals surface area contributed by atoms with Gasteiger partial charge in [-0.2, -0.15) is 0 Å². The normalized spacial score (nSPS) is 10.3. The SMILES string of the molecule is Cc1ccc(CNCCOc2cccc(C(=O)O)c2)cn1. The molecule has 2 aromatic rings. The molecule has 0 saturated carbocycles. The van der Waals surface area contributed by atoms with Crippen molar-refractivity contribution < 1.29 is 14.6 Å². The minimum atomic E-state index is -0.953. The Morgan fingerprint density at radius 2 is 2.19 bits per heavy atom. The van der Waals surface area contributed by atoms with Crippen molar-refractivity contribution in [2.45, 2.75) is 13.5 Å². The molecule has 0 aliphatic carbocycles. The van der Waals surface area contributed by atoms with E-state index in [4.69, 9.17) is 9.84 Å². The van der Waals surface area contributed by atoms with Gasteiger partial charge in [-0.1, -0.05) is 12.1 Å². The first-order valence-corrected chi connectivity index (χ1v) is 6.73. The van der Waals surface area contributed by atoms with Gasteiger partial charge in [-0.3, -0.25) is 4.98 Å². The van der Waals surface area contributed by atoms with Gasteiger partial charge in [0.05, 0.1) is 5.56 Å². The molecule has 110 valence electrons. The highest BCUT2D eigenvalue weighted by molar-refractivity contribution is 5.87. The molecule has 0 bridgehead atoms. The lowest BCUT2D eigenvalue weighted by atomic mass is 10.2. The predicted octanol–water partition coefficient (Wildman–Crippen LogP) is 2.26. The summed E-state index contributed by atoms with van der Waals surface area (Å²) in [4.78, 5) is 15.1. The largest absolute Gasteiger partial charge is 0.492 e. The number of hydrogen-bond donors (Lipinski definition) is 2. The van der Waals surface area contributed by atoms with E-state index in [1.165, 1.54) is 12.1 Å². The van der Waals surface area contributed by atoms with E-state index in [0.717, 1.165) is 17.8 Å². The van der Waals surface area contributed by atoms with Crippen molar-refractivity contribution >= 4 is 5.97 Å². The van der Waals surface area contributed by atoms with Gasteiger partial charge in [-0.05, 0) is 36.8 Å². The molecule has 1 aromatic heterocycles. The van der Waals surface area contributed by atoms with Crippen LogP contribution in [0.15, 0.2) is 42.6 Å². The Labute approximate surface area is 123 Å². The monoisotopic (exact) mass is 286 g/mol. The third-order valence-corrected chi connectivity index (χ3v) is 2.93. The van der Waals surface area contributed by atoms with Gasteiger partial charge in [0, 0.05) is 25.0 Å². The zero-order valence-corrected chi connectivity index (χ0v) is 11.9. The van der Waals surface area contributed by atoms with Gasteiger partial charge in [0.1, 0.15) is 12.4 Å². The topological polar surface area (TPSA) is 71.5 Å². The van der Waals surface area contributed by atoms with Gasteiger partial charge in [-0.15, -0.1) is 0 Å². The van der Waals surface area contributed by atoms with Crippen molar-refractivity contribution in [2.24, 2.45) is 0 Å². The first-order chi connectivity index (χ1) is 10.1. The number of benzene rings is 1. The van der Waals surface area contributed by atoms with E-state index < -0.39 is 5.97 Å². The minimum Gasteiger partial charge on any atom is -0.492 e. The van der Waals surface area contributed by atoms with Crippen LogP contribution in [0, 0.1) is 6.92 Å². The van der Waals surface area contributed by atoms with Crippen LogP contribution in [-0.4, -0.2) is 29.2 Å². The Morgan fingerprint density at radius 3 is 2.90 bits per heavy atom. The molecule has 0 fully saturated rings. The summed E-state index contributed by atoms with van der Waals surface area (Å²) in [5.41, 5.74) is 2.35. The van der Waals surface area contributed by atoms with Gasteiger partial charge < -0.3 is 15.2 Å². The molecule has 0 saturated heterocycles. The number of carbonyl (C=O) groups is 1. The standard InChI is InChI=1S/C16H18N2O3/c1-12-5-6-13(11-18-12)10-17-7-8-21-15-4-2-3-14(9-15)16(19)20/h2-6,9,11,17H,7-8,10H2,1H3,(H,19,20). The van der Waals surface area contributed by atoms with E-state index in [-0.39, 0.29) is 5.56 Å². The van der Waals surface area contributed by atoms with Crippen LogP contribution in [0.3, 0.4) is 0 Å². The molecule has 0 atom stereocenters. The summed E-state index contributed by atoms with van der Waals surface area (Å²) in [7, 11) is 0. The van der Waals surface area contributed by atoms with Gasteiger partial charge in [-0.25, -0.2) is 4.79 Å². The van der Waals surface area contributed by atoms with Crippen molar-refractivity contribution in [1.82, 2.24) is 10.3 Å². The number of nitrogens with one attached hydrogen (secondary N) is 1. The average Bonchev–Trinajstić information content (AvgIpc) is 2.49. The van der Waals surface area contributed by atoms with Gasteiger partial charge in [0.2, 0.25) is 0 Å². The second-order valence-corrected chi connectivity index (χ2v) is 4.67. The van der Waals surface area contributed by atoms with Crippen LogP contribution in [0.5, 0.6) is 5.75 Å². The number of carboxylic acid groups (broad SMARTS) is 1. The maximum atomic E-state index is 10.8. The second kappa shape index (κ2) is 7.40. The summed E-state index contributed by atoms with van der Waals surface area (Å²) in [5, 5.41) is 12.1. The van der Waals surface area contributed by atoms with E-state index >= 15 is 0 Å². The van der Waals surface area contributed by atoms with Crippen LogP contribution in [-0.2, 0) is 6.54 Å². The second-order valence-electron chi connectivity index (χ2n) is 4.67. The number of rotatable bonds is 7. The number of nitrogens with zero attached hydrogens (tertiary/aromatic N) is 1. The van der Waals surface area contributed by atoms with Crippen molar-refractivity contribution in [3.05, 3.63) is 59.4 Å². The summed E-state index contributed by atoms with van der Waals surface area (Å²) in [5.74, 6) is -0.390. The fourth-order valence-electron chi connectivity index (χ4n) is 1.80. The van der Waals surface area contributed by atoms with Gasteiger partial charge in [0.25, 0.3) is 0 Å². The van der Waals surface area contributed by atoms with Crippen molar-refractivity contribution in [2.75, 3.05) is 13.2 Å². The third-order valence-electron chi connectivity index (χ3n) is 2.93. The number of aromatic nitrogens is 1. The number of hydrogen-bond acceptors (Lipinski definition) is 4. The highest BCUT2D eigenvalue weighted by Crippen LogP contribution is 2.12. The zero-order chi connectivity index (χ0) is 15.1. The fourth-order valence-corrected chi connectivity index (χ4v) is 1.80. The Kier molecular flexibility index (Phi) is 5.29. The van der Waals surface area contributed by atoms with Crippen LogP contribution >= 0.6 is 0 Å². The van der Waals surface area contributed by atoms with Gasteiger partial charge >= 0.3 is 5.97 Å². The highest BCUT2D eigenvalue weighted by atomic mass is 16.5. The molecular weight excluding hydrogens is 268 g/mol. The summed E-state index contributed by atoms with van der Waals surface area (Å²) >= 11 is 0. The third kappa shape index (κ3) is 4.89. The Bertz CT molecular complexity index is 597. The lowest BCUT2D eigenvalue weighted by Gasteiger charge is -2.08. The molecule has 21 heavy (non-hydrogen) atoms. The Balaban J connectivity index is 1.71. The van der Waals surface area contributed by atoms with E-state index in [2.05, 4.69) is 10.3 Å². The smallest absolute Gasteiger partial charge is 0.335 e. The van der Waals surface area contributed by atoms with Crippen LogP contribution in [0.25, 0.3) is 0 Å². The lowest BCUT2D eigenvalue weighted by molar-refractivity contribution is 0.0696. The van der Waals surface area contributed by atoms with E-state index in [9.17, 15) is 4.79 Å². The predicted molar refractivity (Wildman–Crippen MR) is 79.6 cm³/mol. The summed E-state index contributed by atoms with van der Waals surface area (Å²) in [6, 6.07) is 10.5. The molecule has 0 amide bonds. The molecule has 0 spiro atoms. The molecule has 1 aromatic carbocycles. The van der Waals surface area contributed by atoms with Crippen LogP contribution in [0.2, 0.25) is 0 Å². The minimum absolute atomic E-state index is 0.228. The lowest BCUT2D eigenvalue weighted by Crippen LogP contribution is -2.20. The zero-order valence-electron chi connectivity index (χ0n) is 11.9. The van der Waals surface area contributed by atoms with E-state index in [1.54, 1.807) is 12.1 Å².